The van der Waals surface area contributed by atoms with Gasteiger partial charge in [-0.25, -0.2) is 4.39 Å². The van der Waals surface area contributed by atoms with Gasteiger partial charge in [0, 0.05) is 19.1 Å². The fourth-order valence-electron chi connectivity index (χ4n) is 2.72. The van der Waals surface area contributed by atoms with E-state index in [4.69, 9.17) is 0 Å². The van der Waals surface area contributed by atoms with E-state index in [1.54, 1.807) is 6.07 Å². The Balaban J connectivity index is 2.31. The SMILES string of the molecule is CC(=O)c1c(F)cccc1N1CCC[C@H](N(C)C)C1. The Morgan fingerprint density at radius 1 is 1.42 bits per heavy atom. The Morgan fingerprint density at radius 3 is 2.79 bits per heavy atom. The van der Waals surface area contributed by atoms with E-state index in [1.165, 1.54) is 13.0 Å². The monoisotopic (exact) mass is 264 g/mol. The summed E-state index contributed by atoms with van der Waals surface area (Å²) < 4.78 is 13.9. The van der Waals surface area contributed by atoms with Gasteiger partial charge in [-0.15, -0.1) is 0 Å². The molecule has 1 aliphatic heterocycles. The average molecular weight is 264 g/mol. The second-order valence-corrected chi connectivity index (χ2v) is 5.40. The number of carbonyl (C=O) groups is 1. The summed E-state index contributed by atoms with van der Waals surface area (Å²) in [6.07, 6.45) is 2.21. The molecule has 1 aromatic carbocycles. The maximum absolute atomic E-state index is 13.9. The van der Waals surface area contributed by atoms with Crippen molar-refractivity contribution in [1.29, 1.82) is 0 Å². The lowest BCUT2D eigenvalue weighted by Gasteiger charge is -2.38. The number of anilines is 1. The molecule has 0 saturated carbocycles. The highest BCUT2D eigenvalue weighted by molar-refractivity contribution is 6.00. The Labute approximate surface area is 114 Å². The summed E-state index contributed by atoms with van der Waals surface area (Å²) in [7, 11) is 4.12. The summed E-state index contributed by atoms with van der Waals surface area (Å²) >= 11 is 0. The minimum atomic E-state index is -0.419. The summed E-state index contributed by atoms with van der Waals surface area (Å²) in [4.78, 5) is 16.0. The molecular formula is C15H21FN2O. The van der Waals surface area contributed by atoms with Gasteiger partial charge in [0.05, 0.1) is 11.3 Å². The molecule has 4 heteroatoms. The van der Waals surface area contributed by atoms with Crippen LogP contribution in [0.25, 0.3) is 0 Å². The van der Waals surface area contributed by atoms with Gasteiger partial charge in [0.2, 0.25) is 0 Å². The number of piperidine rings is 1. The highest BCUT2D eigenvalue weighted by Crippen LogP contribution is 2.27. The molecule has 0 N–H and O–H groups in total. The fourth-order valence-corrected chi connectivity index (χ4v) is 2.72. The number of likely N-dealkylation sites (N-methyl/N-ethyl adjacent to an activating group) is 1. The molecule has 19 heavy (non-hydrogen) atoms. The van der Waals surface area contributed by atoms with Gasteiger partial charge in [-0.3, -0.25) is 4.79 Å². The van der Waals surface area contributed by atoms with Gasteiger partial charge in [-0.05, 0) is 46.0 Å². The van der Waals surface area contributed by atoms with E-state index >= 15 is 0 Å². The topological polar surface area (TPSA) is 23.6 Å². The summed E-state index contributed by atoms with van der Waals surface area (Å²) in [6.45, 7) is 3.15. The minimum Gasteiger partial charge on any atom is -0.369 e. The Bertz CT molecular complexity index is 473. The molecule has 0 bridgehead atoms. The van der Waals surface area contributed by atoms with E-state index in [2.05, 4.69) is 23.9 Å². The molecule has 0 aliphatic carbocycles. The lowest BCUT2D eigenvalue weighted by Crippen LogP contribution is -2.45. The molecule has 1 fully saturated rings. The minimum absolute atomic E-state index is 0.208. The zero-order valence-electron chi connectivity index (χ0n) is 11.8. The summed E-state index contributed by atoms with van der Waals surface area (Å²) in [6, 6.07) is 5.33. The average Bonchev–Trinajstić information content (AvgIpc) is 2.38. The Hall–Kier alpha value is -1.42. The molecule has 0 radical (unpaired) electrons. The van der Waals surface area contributed by atoms with Crippen molar-refractivity contribution in [2.24, 2.45) is 0 Å². The van der Waals surface area contributed by atoms with Crippen LogP contribution in [0.5, 0.6) is 0 Å². The van der Waals surface area contributed by atoms with Gasteiger partial charge in [-0.2, -0.15) is 0 Å². The van der Waals surface area contributed by atoms with Crippen LogP contribution in [0.4, 0.5) is 10.1 Å². The van der Waals surface area contributed by atoms with Gasteiger partial charge >= 0.3 is 0 Å². The highest BCUT2D eigenvalue weighted by Gasteiger charge is 2.25. The third-order valence-corrected chi connectivity index (χ3v) is 3.81. The van der Waals surface area contributed by atoms with Crippen molar-refractivity contribution in [3.63, 3.8) is 0 Å². The van der Waals surface area contributed by atoms with Crippen LogP contribution in [0, 0.1) is 5.82 Å². The van der Waals surface area contributed by atoms with Gasteiger partial charge in [0.1, 0.15) is 5.82 Å². The van der Waals surface area contributed by atoms with Crippen molar-refractivity contribution in [2.75, 3.05) is 32.1 Å². The van der Waals surface area contributed by atoms with Crippen molar-refractivity contribution >= 4 is 11.5 Å². The first kappa shape index (κ1) is 14.0. The van der Waals surface area contributed by atoms with E-state index in [0.717, 1.165) is 31.6 Å². The number of rotatable bonds is 3. The van der Waals surface area contributed by atoms with E-state index in [1.807, 2.05) is 6.07 Å². The van der Waals surface area contributed by atoms with Gasteiger partial charge in [0.15, 0.2) is 5.78 Å². The molecule has 2 rings (SSSR count). The standard InChI is InChI=1S/C15H21FN2O/c1-11(19)15-13(16)7-4-8-14(15)18-9-5-6-12(10-18)17(2)3/h4,7-8,12H,5-6,9-10H2,1-3H3/t12-/m0/s1. The van der Waals surface area contributed by atoms with E-state index in [0.29, 0.717) is 6.04 Å². The van der Waals surface area contributed by atoms with Gasteiger partial charge in [0.25, 0.3) is 0 Å². The van der Waals surface area contributed by atoms with Crippen LogP contribution in [0.15, 0.2) is 18.2 Å². The molecule has 1 aliphatic rings. The van der Waals surface area contributed by atoms with Gasteiger partial charge < -0.3 is 9.80 Å². The molecule has 1 atom stereocenters. The molecule has 0 aromatic heterocycles. The number of hydrogen-bond acceptors (Lipinski definition) is 3. The van der Waals surface area contributed by atoms with Crippen LogP contribution < -0.4 is 4.90 Å². The number of Topliss-reactive ketones (excluding diaryl/α,β-unsaturated/α-hetero) is 1. The van der Waals surface area contributed by atoms with Crippen LogP contribution >= 0.6 is 0 Å². The van der Waals surface area contributed by atoms with Crippen molar-refractivity contribution in [2.45, 2.75) is 25.8 Å². The molecule has 1 heterocycles. The van der Waals surface area contributed by atoms with Crippen molar-refractivity contribution in [3.05, 3.63) is 29.6 Å². The molecule has 1 saturated heterocycles. The van der Waals surface area contributed by atoms with Crippen molar-refractivity contribution < 1.29 is 9.18 Å². The maximum Gasteiger partial charge on any atom is 0.164 e. The van der Waals surface area contributed by atoms with Gasteiger partial charge in [-0.1, -0.05) is 6.07 Å². The van der Waals surface area contributed by atoms with Crippen LogP contribution in [-0.2, 0) is 0 Å². The quantitative estimate of drug-likeness (QED) is 0.784. The Morgan fingerprint density at radius 2 is 2.16 bits per heavy atom. The third kappa shape index (κ3) is 2.95. The first-order valence-electron chi connectivity index (χ1n) is 6.71. The molecule has 1 aromatic rings. The van der Waals surface area contributed by atoms with Crippen LogP contribution in [0.2, 0.25) is 0 Å². The smallest absolute Gasteiger partial charge is 0.164 e. The second-order valence-electron chi connectivity index (χ2n) is 5.40. The number of ketones is 1. The summed E-state index contributed by atoms with van der Waals surface area (Å²) in [5.41, 5.74) is 0.959. The predicted octanol–water partition coefficient (Wildman–Crippen LogP) is 2.56. The van der Waals surface area contributed by atoms with E-state index in [-0.39, 0.29) is 11.3 Å². The lowest BCUT2D eigenvalue weighted by molar-refractivity contribution is 0.101. The van der Waals surface area contributed by atoms with Crippen LogP contribution in [0.3, 0.4) is 0 Å². The first-order chi connectivity index (χ1) is 9.00. The first-order valence-corrected chi connectivity index (χ1v) is 6.71. The molecule has 104 valence electrons. The molecule has 0 unspecified atom stereocenters. The van der Waals surface area contributed by atoms with Crippen molar-refractivity contribution in [3.8, 4) is 0 Å². The third-order valence-electron chi connectivity index (χ3n) is 3.81. The van der Waals surface area contributed by atoms with E-state index < -0.39 is 5.82 Å². The zero-order valence-corrected chi connectivity index (χ0v) is 11.8. The summed E-state index contributed by atoms with van der Waals surface area (Å²) in [5, 5.41) is 0. The molecular weight excluding hydrogens is 243 g/mol. The molecule has 0 spiro atoms. The normalized spacial score (nSPS) is 19.8. The predicted molar refractivity (Wildman–Crippen MR) is 75.3 cm³/mol. The number of halogens is 1. The number of hydrogen-bond donors (Lipinski definition) is 0. The van der Waals surface area contributed by atoms with Crippen LogP contribution in [-0.4, -0.2) is 43.9 Å². The number of carbonyl (C=O) groups excluding carboxylic acids is 1. The number of benzene rings is 1. The Kier molecular flexibility index (Phi) is 4.20. The molecule has 0 amide bonds. The lowest BCUT2D eigenvalue weighted by atomic mass is 10.0. The summed E-state index contributed by atoms with van der Waals surface area (Å²) in [5.74, 6) is -0.628. The highest BCUT2D eigenvalue weighted by atomic mass is 19.1. The molecule has 3 nitrogen and oxygen atoms in total. The van der Waals surface area contributed by atoms with Crippen molar-refractivity contribution in [1.82, 2.24) is 4.90 Å². The largest absolute Gasteiger partial charge is 0.369 e. The van der Waals surface area contributed by atoms with E-state index in [9.17, 15) is 9.18 Å². The second kappa shape index (κ2) is 5.70. The zero-order chi connectivity index (χ0) is 14.0. The van der Waals surface area contributed by atoms with Crippen LogP contribution in [0.1, 0.15) is 30.1 Å². The maximum atomic E-state index is 13.9. The fraction of sp³-hybridized carbons (Fsp3) is 0.533. The number of nitrogens with zero attached hydrogens (tertiary/aromatic N) is 2.